The lowest BCUT2D eigenvalue weighted by Crippen LogP contribution is -2.53. The van der Waals surface area contributed by atoms with Crippen LogP contribution in [0.15, 0.2) is 66.7 Å². The first-order valence-corrected chi connectivity index (χ1v) is 10.8. The molecule has 6 nitrogen and oxygen atoms in total. The minimum absolute atomic E-state index is 0.0181. The van der Waals surface area contributed by atoms with Crippen molar-refractivity contribution >= 4 is 5.91 Å². The average Bonchev–Trinajstić information content (AvgIpc) is 3.30. The molecule has 162 valence electrons. The van der Waals surface area contributed by atoms with Crippen LogP contribution in [0, 0.1) is 0 Å². The van der Waals surface area contributed by atoms with Crippen molar-refractivity contribution in [1.29, 1.82) is 0 Å². The molecule has 3 atom stereocenters. The van der Waals surface area contributed by atoms with Crippen molar-refractivity contribution in [2.45, 2.75) is 24.6 Å². The zero-order valence-corrected chi connectivity index (χ0v) is 17.7. The number of ether oxygens (including phenoxy) is 4. The van der Waals surface area contributed by atoms with Gasteiger partial charge in [0.25, 0.3) is 5.91 Å². The van der Waals surface area contributed by atoms with Crippen LogP contribution in [0.5, 0.6) is 17.2 Å². The third-order valence-electron chi connectivity index (χ3n) is 6.61. The number of benzene rings is 3. The van der Waals surface area contributed by atoms with Crippen molar-refractivity contribution in [3.05, 3.63) is 89.0 Å². The van der Waals surface area contributed by atoms with Gasteiger partial charge in [-0.25, -0.2) is 0 Å². The number of hydrogen-bond acceptors (Lipinski definition) is 5. The Morgan fingerprint density at radius 3 is 2.50 bits per heavy atom. The van der Waals surface area contributed by atoms with Gasteiger partial charge in [0.05, 0.1) is 6.04 Å². The van der Waals surface area contributed by atoms with Crippen molar-refractivity contribution < 1.29 is 23.7 Å². The van der Waals surface area contributed by atoms with Crippen LogP contribution in [-0.4, -0.2) is 37.4 Å². The topological polar surface area (TPSA) is 57.2 Å². The highest BCUT2D eigenvalue weighted by Crippen LogP contribution is 2.49. The standard InChI is InChI=1S/C26H23NO5/c1-29-25(16-7-3-2-4-8-16)26(28)27-13-17-9-5-6-10-18(17)24-19-11-22-23(32-15-31-22)12-21(19)30-14-20(24)27/h2-12,20,24-25H,13-15H2,1H3/t20-,24-,25-/m1/s1. The van der Waals surface area contributed by atoms with Crippen LogP contribution in [-0.2, 0) is 16.1 Å². The molecule has 0 N–H and O–H groups in total. The Morgan fingerprint density at radius 2 is 1.69 bits per heavy atom. The molecule has 6 heteroatoms. The molecule has 3 aliphatic rings. The van der Waals surface area contributed by atoms with E-state index >= 15 is 0 Å². The van der Waals surface area contributed by atoms with Crippen LogP contribution in [0.25, 0.3) is 0 Å². The van der Waals surface area contributed by atoms with E-state index in [1.807, 2.05) is 53.4 Å². The Bertz CT molecular complexity index is 1180. The number of hydrogen-bond donors (Lipinski definition) is 0. The van der Waals surface area contributed by atoms with Crippen molar-refractivity contribution in [2.24, 2.45) is 0 Å². The molecule has 0 radical (unpaired) electrons. The summed E-state index contributed by atoms with van der Waals surface area (Å²) < 4.78 is 23.0. The summed E-state index contributed by atoms with van der Waals surface area (Å²) in [6.45, 7) is 1.13. The zero-order valence-electron chi connectivity index (χ0n) is 17.7. The minimum atomic E-state index is -0.666. The Balaban J connectivity index is 1.44. The van der Waals surface area contributed by atoms with Gasteiger partial charge in [0.1, 0.15) is 12.4 Å². The first kappa shape index (κ1) is 19.2. The summed E-state index contributed by atoms with van der Waals surface area (Å²) in [5.74, 6) is 2.12. The second-order valence-electron chi connectivity index (χ2n) is 8.29. The Kier molecular flexibility index (Phi) is 4.54. The van der Waals surface area contributed by atoms with Crippen LogP contribution >= 0.6 is 0 Å². The molecular formula is C26H23NO5. The maximum atomic E-state index is 13.8. The fraction of sp³-hybridized carbons (Fsp3) is 0.269. The SMILES string of the molecule is CO[C@@H](C(=O)N1Cc2ccccc2[C@@H]2c3cc4c(cc3OC[C@H]21)OCO4)c1ccccc1. The lowest BCUT2D eigenvalue weighted by Gasteiger charge is -2.46. The number of fused-ring (bicyclic) bond motifs is 6. The van der Waals surface area contributed by atoms with Crippen LogP contribution in [0.3, 0.4) is 0 Å². The molecule has 0 aromatic heterocycles. The third-order valence-corrected chi connectivity index (χ3v) is 6.61. The molecule has 6 rings (SSSR count). The van der Waals surface area contributed by atoms with Gasteiger partial charge < -0.3 is 23.8 Å². The molecule has 0 spiro atoms. The van der Waals surface area contributed by atoms with Crippen molar-refractivity contribution in [3.8, 4) is 17.2 Å². The Hall–Kier alpha value is -3.51. The first-order valence-electron chi connectivity index (χ1n) is 10.8. The maximum absolute atomic E-state index is 13.8. The Morgan fingerprint density at radius 1 is 0.938 bits per heavy atom. The molecule has 3 aromatic rings. The molecular weight excluding hydrogens is 406 g/mol. The highest BCUT2D eigenvalue weighted by atomic mass is 16.7. The fourth-order valence-corrected chi connectivity index (χ4v) is 5.11. The van der Waals surface area contributed by atoms with Gasteiger partial charge in [0.15, 0.2) is 17.6 Å². The fourth-order valence-electron chi connectivity index (χ4n) is 5.11. The van der Waals surface area contributed by atoms with Crippen LogP contribution in [0.1, 0.15) is 34.3 Å². The predicted molar refractivity (Wildman–Crippen MR) is 117 cm³/mol. The van der Waals surface area contributed by atoms with Gasteiger partial charge >= 0.3 is 0 Å². The molecule has 0 unspecified atom stereocenters. The molecule has 0 fully saturated rings. The molecule has 3 aliphatic heterocycles. The van der Waals surface area contributed by atoms with Gasteiger partial charge in [-0.3, -0.25) is 4.79 Å². The second kappa shape index (κ2) is 7.57. The summed E-state index contributed by atoms with van der Waals surface area (Å²) in [5.41, 5.74) is 4.22. The summed E-state index contributed by atoms with van der Waals surface area (Å²) in [4.78, 5) is 15.7. The summed E-state index contributed by atoms with van der Waals surface area (Å²) in [7, 11) is 1.58. The van der Waals surface area contributed by atoms with Gasteiger partial charge in [-0.15, -0.1) is 0 Å². The molecule has 0 saturated carbocycles. The van der Waals surface area contributed by atoms with Crippen LogP contribution in [0.4, 0.5) is 0 Å². The van der Waals surface area contributed by atoms with Gasteiger partial charge in [0.2, 0.25) is 6.79 Å². The molecule has 0 aliphatic carbocycles. The number of nitrogens with zero attached hydrogens (tertiary/aromatic N) is 1. The average molecular weight is 429 g/mol. The monoisotopic (exact) mass is 429 g/mol. The van der Waals surface area contributed by atoms with Gasteiger partial charge in [-0.1, -0.05) is 54.6 Å². The van der Waals surface area contributed by atoms with E-state index in [4.69, 9.17) is 18.9 Å². The van der Waals surface area contributed by atoms with E-state index in [9.17, 15) is 4.79 Å². The molecule has 3 heterocycles. The van der Waals surface area contributed by atoms with E-state index in [0.717, 1.165) is 22.4 Å². The van der Waals surface area contributed by atoms with Gasteiger partial charge in [-0.2, -0.15) is 0 Å². The molecule has 32 heavy (non-hydrogen) atoms. The lowest BCUT2D eigenvalue weighted by atomic mass is 9.77. The molecule has 0 saturated heterocycles. The smallest absolute Gasteiger partial charge is 0.257 e. The van der Waals surface area contributed by atoms with Crippen molar-refractivity contribution in [3.63, 3.8) is 0 Å². The highest BCUT2D eigenvalue weighted by molar-refractivity contribution is 5.83. The van der Waals surface area contributed by atoms with E-state index in [1.165, 1.54) is 5.56 Å². The number of carbonyl (C=O) groups excluding carboxylic acids is 1. The number of amides is 1. The van der Waals surface area contributed by atoms with E-state index < -0.39 is 6.10 Å². The summed E-state index contributed by atoms with van der Waals surface area (Å²) in [6.07, 6.45) is -0.666. The molecule has 3 aromatic carbocycles. The number of methoxy groups -OCH3 is 1. The van der Waals surface area contributed by atoms with Gasteiger partial charge in [-0.05, 0) is 22.8 Å². The van der Waals surface area contributed by atoms with E-state index in [2.05, 4.69) is 18.2 Å². The van der Waals surface area contributed by atoms with Crippen LogP contribution in [0.2, 0.25) is 0 Å². The predicted octanol–water partition coefficient (Wildman–Crippen LogP) is 4.04. The second-order valence-corrected chi connectivity index (χ2v) is 8.29. The number of carbonyl (C=O) groups is 1. The molecule has 1 amide bonds. The first-order chi connectivity index (χ1) is 15.7. The van der Waals surface area contributed by atoms with Crippen LogP contribution < -0.4 is 14.2 Å². The quantitative estimate of drug-likeness (QED) is 0.629. The zero-order chi connectivity index (χ0) is 21.7. The Labute approximate surface area is 186 Å². The summed E-state index contributed by atoms with van der Waals surface area (Å²) in [5, 5.41) is 0. The van der Waals surface area contributed by atoms with E-state index in [-0.39, 0.29) is 24.7 Å². The maximum Gasteiger partial charge on any atom is 0.257 e. The number of rotatable bonds is 3. The highest BCUT2D eigenvalue weighted by Gasteiger charge is 2.44. The normalized spacial score (nSPS) is 21.1. The van der Waals surface area contributed by atoms with E-state index in [1.54, 1.807) is 7.11 Å². The summed E-state index contributed by atoms with van der Waals surface area (Å²) in [6, 6.07) is 21.7. The van der Waals surface area contributed by atoms with Gasteiger partial charge in [0, 0.05) is 31.2 Å². The minimum Gasteiger partial charge on any atom is -0.491 e. The molecule has 0 bridgehead atoms. The lowest BCUT2D eigenvalue weighted by molar-refractivity contribution is -0.147. The van der Waals surface area contributed by atoms with Crippen molar-refractivity contribution in [1.82, 2.24) is 4.90 Å². The van der Waals surface area contributed by atoms with E-state index in [0.29, 0.717) is 24.7 Å². The summed E-state index contributed by atoms with van der Waals surface area (Å²) >= 11 is 0. The largest absolute Gasteiger partial charge is 0.491 e. The third kappa shape index (κ3) is 2.94. The van der Waals surface area contributed by atoms with Crippen molar-refractivity contribution in [2.75, 3.05) is 20.5 Å².